The Balaban J connectivity index is 2.10. The lowest BCUT2D eigenvalue weighted by Gasteiger charge is -2.40. The van der Waals surface area contributed by atoms with E-state index in [-0.39, 0.29) is 0 Å². The van der Waals surface area contributed by atoms with Crippen LogP contribution in [0, 0.1) is 5.92 Å². The van der Waals surface area contributed by atoms with Crippen molar-refractivity contribution in [3.05, 3.63) is 66.3 Å². The van der Waals surface area contributed by atoms with Crippen molar-refractivity contribution in [2.75, 3.05) is 18.0 Å². The summed E-state index contributed by atoms with van der Waals surface area (Å²) in [5.74, 6) is 1.08. The zero-order valence-electron chi connectivity index (χ0n) is 13.5. The van der Waals surface area contributed by atoms with Crippen LogP contribution in [-0.2, 0) is 0 Å². The molecular weight excluding hydrogens is 308 g/mol. The summed E-state index contributed by atoms with van der Waals surface area (Å²) in [6, 6.07) is 0. The van der Waals surface area contributed by atoms with Crippen LogP contribution in [0.5, 0.6) is 0 Å². The molecule has 0 aliphatic carbocycles. The van der Waals surface area contributed by atoms with E-state index in [4.69, 9.17) is 16.6 Å². The largest absolute Gasteiger partial charge is 0.353 e. The van der Waals surface area contributed by atoms with Crippen molar-refractivity contribution in [3.8, 4) is 0 Å². The Morgan fingerprint density at radius 3 is 2.65 bits per heavy atom. The first-order chi connectivity index (χ1) is 11.1. The fourth-order valence-corrected chi connectivity index (χ4v) is 2.55. The third kappa shape index (κ3) is 4.17. The smallest absolute Gasteiger partial charge is 0.171 e. The second kappa shape index (κ2) is 7.88. The molecule has 0 aromatic carbocycles. The van der Waals surface area contributed by atoms with E-state index in [1.54, 1.807) is 18.5 Å². The summed E-state index contributed by atoms with van der Waals surface area (Å²) in [4.78, 5) is 15.2. The molecule has 1 fully saturated rings. The lowest BCUT2D eigenvalue weighted by molar-refractivity contribution is 0.461. The highest BCUT2D eigenvalue weighted by atomic mass is 35.5. The lowest BCUT2D eigenvalue weighted by atomic mass is 9.96. The molecule has 23 heavy (non-hydrogen) atoms. The van der Waals surface area contributed by atoms with Crippen molar-refractivity contribution in [2.24, 2.45) is 10.9 Å². The molecule has 2 heterocycles. The molecule has 4 nitrogen and oxygen atoms in total. The summed E-state index contributed by atoms with van der Waals surface area (Å²) in [7, 11) is 0. The molecule has 1 saturated heterocycles. The van der Waals surface area contributed by atoms with Crippen LogP contribution >= 0.6 is 11.6 Å². The molecule has 1 aromatic rings. The molecule has 0 unspecified atom stereocenters. The second-order valence-electron chi connectivity index (χ2n) is 5.36. The number of rotatable bonds is 6. The van der Waals surface area contributed by atoms with Gasteiger partial charge in [0, 0.05) is 37.1 Å². The molecule has 1 aliphatic heterocycles. The van der Waals surface area contributed by atoms with Gasteiger partial charge in [0.1, 0.15) is 0 Å². The number of hydrogen-bond donors (Lipinski definition) is 0. The number of nitrogens with zero attached hydrogens (tertiary/aromatic N) is 4. The number of aromatic nitrogens is 2. The van der Waals surface area contributed by atoms with Crippen molar-refractivity contribution in [1.29, 1.82) is 0 Å². The van der Waals surface area contributed by atoms with E-state index < -0.39 is 0 Å². The maximum Gasteiger partial charge on any atom is 0.171 e. The minimum absolute atomic E-state index is 0.351. The zero-order valence-corrected chi connectivity index (χ0v) is 14.3. The third-order valence-electron chi connectivity index (χ3n) is 3.61. The van der Waals surface area contributed by atoms with Gasteiger partial charge in [-0.2, -0.15) is 0 Å². The van der Waals surface area contributed by atoms with Crippen LogP contribution in [-0.4, -0.2) is 28.8 Å². The van der Waals surface area contributed by atoms with Gasteiger partial charge in [-0.05, 0) is 25.5 Å². The predicted molar refractivity (Wildman–Crippen MR) is 98.1 cm³/mol. The minimum Gasteiger partial charge on any atom is -0.353 e. The van der Waals surface area contributed by atoms with E-state index in [9.17, 15) is 0 Å². The first kappa shape index (κ1) is 17.2. The van der Waals surface area contributed by atoms with Gasteiger partial charge in [0.05, 0.1) is 5.71 Å². The topological polar surface area (TPSA) is 41.4 Å². The summed E-state index contributed by atoms with van der Waals surface area (Å²) >= 11 is 6.09. The summed E-state index contributed by atoms with van der Waals surface area (Å²) < 4.78 is 0. The third-order valence-corrected chi connectivity index (χ3v) is 3.87. The lowest BCUT2D eigenvalue weighted by Crippen LogP contribution is -2.48. The highest BCUT2D eigenvalue weighted by Crippen LogP contribution is 2.31. The first-order valence-corrected chi connectivity index (χ1v) is 7.86. The fraction of sp³-hybridized carbons (Fsp3) is 0.278. The molecule has 0 radical (unpaired) electrons. The first-order valence-electron chi connectivity index (χ1n) is 7.48. The monoisotopic (exact) mass is 328 g/mol. The Morgan fingerprint density at radius 1 is 1.39 bits per heavy atom. The van der Waals surface area contributed by atoms with E-state index in [0.29, 0.717) is 11.1 Å². The zero-order chi connectivity index (χ0) is 16.8. The van der Waals surface area contributed by atoms with Gasteiger partial charge in [0.15, 0.2) is 11.0 Å². The summed E-state index contributed by atoms with van der Waals surface area (Å²) in [6.07, 6.45) is 10.8. The van der Waals surface area contributed by atoms with Crippen molar-refractivity contribution in [2.45, 2.75) is 13.8 Å². The molecule has 2 rings (SSSR count). The quantitative estimate of drug-likeness (QED) is 0.579. The number of allylic oxidation sites excluding steroid dienone is 5. The van der Waals surface area contributed by atoms with Crippen LogP contribution in [0.15, 0.2) is 66.1 Å². The number of aliphatic imine (C=N–C) groups is 1. The van der Waals surface area contributed by atoms with Gasteiger partial charge in [-0.1, -0.05) is 43.0 Å². The van der Waals surface area contributed by atoms with Crippen molar-refractivity contribution >= 4 is 23.1 Å². The van der Waals surface area contributed by atoms with Crippen LogP contribution < -0.4 is 4.90 Å². The number of hydrogen-bond acceptors (Lipinski definition) is 4. The van der Waals surface area contributed by atoms with E-state index in [1.165, 1.54) is 0 Å². The highest BCUT2D eigenvalue weighted by Gasteiger charge is 2.32. The van der Waals surface area contributed by atoms with Gasteiger partial charge in [-0.25, -0.2) is 9.97 Å². The molecule has 1 aromatic heterocycles. The van der Waals surface area contributed by atoms with Crippen molar-refractivity contribution < 1.29 is 0 Å². The Hall–Kier alpha value is -2.20. The van der Waals surface area contributed by atoms with Crippen LogP contribution in [0.1, 0.15) is 13.8 Å². The van der Waals surface area contributed by atoms with Gasteiger partial charge < -0.3 is 4.90 Å². The van der Waals surface area contributed by atoms with Gasteiger partial charge >= 0.3 is 0 Å². The van der Waals surface area contributed by atoms with Gasteiger partial charge in [0.2, 0.25) is 0 Å². The minimum atomic E-state index is 0.351. The average molecular weight is 329 g/mol. The molecule has 1 aliphatic rings. The molecule has 0 spiro atoms. The van der Waals surface area contributed by atoms with Crippen LogP contribution in [0.25, 0.3) is 0 Å². The molecule has 0 N–H and O–H groups in total. The maximum absolute atomic E-state index is 6.09. The summed E-state index contributed by atoms with van der Waals surface area (Å²) in [5.41, 5.74) is 2.84. The maximum atomic E-state index is 6.09. The van der Waals surface area contributed by atoms with Crippen LogP contribution in [0.2, 0.25) is 5.15 Å². The average Bonchev–Trinajstić information content (AvgIpc) is 2.49. The molecule has 0 saturated carbocycles. The SMILES string of the molecule is C=C\C=C/C(=N\C(=C/C)C1CN(c2nccnc2Cl)C1)C(=C)C. The Kier molecular flexibility index (Phi) is 5.88. The Labute approximate surface area is 142 Å². The highest BCUT2D eigenvalue weighted by molar-refractivity contribution is 6.31. The predicted octanol–water partition coefficient (Wildman–Crippen LogP) is 4.23. The normalized spacial score (nSPS) is 16.6. The molecule has 120 valence electrons. The molecule has 0 amide bonds. The van der Waals surface area contributed by atoms with Gasteiger partial charge in [-0.15, -0.1) is 0 Å². The number of halogens is 1. The van der Waals surface area contributed by atoms with Crippen LogP contribution in [0.4, 0.5) is 5.82 Å². The Bertz CT molecular complexity index is 682. The van der Waals surface area contributed by atoms with E-state index in [0.717, 1.165) is 35.9 Å². The van der Waals surface area contributed by atoms with E-state index in [2.05, 4.69) is 28.0 Å². The van der Waals surface area contributed by atoms with E-state index >= 15 is 0 Å². The standard InChI is InChI=1S/C18H21ClN4/c1-5-7-8-16(13(3)4)22-15(6-2)14-11-23(12-14)18-17(19)20-9-10-21-18/h5-10,14H,1,3,11-12H2,2,4H3/b8-7-,15-6-,22-16+. The van der Waals surface area contributed by atoms with Crippen molar-refractivity contribution in [3.63, 3.8) is 0 Å². The van der Waals surface area contributed by atoms with Gasteiger partial charge in [0.25, 0.3) is 0 Å². The van der Waals surface area contributed by atoms with E-state index in [1.807, 2.05) is 32.1 Å². The van der Waals surface area contributed by atoms with Crippen LogP contribution in [0.3, 0.4) is 0 Å². The molecule has 0 bridgehead atoms. The summed E-state index contributed by atoms with van der Waals surface area (Å²) in [6.45, 7) is 13.3. The Morgan fingerprint density at radius 2 is 2.09 bits per heavy atom. The van der Waals surface area contributed by atoms with Gasteiger partial charge in [-0.3, -0.25) is 4.99 Å². The molecule has 5 heteroatoms. The summed E-state index contributed by atoms with van der Waals surface area (Å²) in [5, 5.41) is 0.438. The second-order valence-corrected chi connectivity index (χ2v) is 5.72. The molecular formula is C18H21ClN4. The number of anilines is 1. The molecule has 0 atom stereocenters. The fourth-order valence-electron chi connectivity index (χ4n) is 2.33. The van der Waals surface area contributed by atoms with Crippen molar-refractivity contribution in [1.82, 2.24) is 9.97 Å².